The number of nitrogens with two attached hydrogens (primary N) is 1. The fraction of sp³-hybridized carbons (Fsp3) is 0.560. The molecule has 0 aromatic rings. The Morgan fingerprint density at radius 3 is 2.48 bits per heavy atom. The van der Waals surface area contributed by atoms with Gasteiger partial charge in [0.2, 0.25) is 0 Å². The van der Waals surface area contributed by atoms with Gasteiger partial charge in [-0.3, -0.25) is 4.79 Å². The lowest BCUT2D eigenvalue weighted by atomic mass is 9.72. The van der Waals surface area contributed by atoms with Gasteiger partial charge in [-0.1, -0.05) is 67.0 Å². The molecular formula is C25H40N2O2. The van der Waals surface area contributed by atoms with E-state index in [0.29, 0.717) is 12.0 Å². The Balaban J connectivity index is 0.000000436. The number of nitrogens with one attached hydrogen (secondary N) is 1. The van der Waals surface area contributed by atoms with Crippen molar-refractivity contribution < 1.29 is 9.90 Å². The van der Waals surface area contributed by atoms with Crippen LogP contribution in [0.2, 0.25) is 0 Å². The fourth-order valence-electron chi connectivity index (χ4n) is 3.78. The number of carbonyl (C=O) groups is 1. The molecule has 0 aromatic heterocycles. The zero-order valence-electron chi connectivity index (χ0n) is 18.9. The Morgan fingerprint density at radius 2 is 1.97 bits per heavy atom. The van der Waals surface area contributed by atoms with E-state index in [1.54, 1.807) is 5.57 Å². The largest absolute Gasteiger partial charge is 0.480 e. The molecule has 0 amide bonds. The number of allylic oxidation sites excluding steroid dienone is 9. The van der Waals surface area contributed by atoms with Crippen LogP contribution in [0, 0.1) is 5.41 Å². The highest BCUT2D eigenvalue weighted by molar-refractivity contribution is 5.73. The first-order chi connectivity index (χ1) is 13.7. The molecule has 1 fully saturated rings. The Hall–Kier alpha value is -1.91. The van der Waals surface area contributed by atoms with Crippen molar-refractivity contribution in [1.29, 1.82) is 0 Å². The molecule has 4 nitrogen and oxygen atoms in total. The van der Waals surface area contributed by atoms with Crippen LogP contribution in [0.5, 0.6) is 0 Å². The van der Waals surface area contributed by atoms with E-state index >= 15 is 0 Å². The lowest BCUT2D eigenvalue weighted by Gasteiger charge is -2.32. The molecule has 1 saturated heterocycles. The van der Waals surface area contributed by atoms with E-state index in [1.807, 2.05) is 6.08 Å². The predicted molar refractivity (Wildman–Crippen MR) is 124 cm³/mol. The summed E-state index contributed by atoms with van der Waals surface area (Å²) in [4.78, 5) is 10.1. The summed E-state index contributed by atoms with van der Waals surface area (Å²) in [5, 5.41) is 11.2. The highest BCUT2D eigenvalue weighted by Crippen LogP contribution is 2.40. The molecule has 4 N–H and O–H groups in total. The van der Waals surface area contributed by atoms with Crippen molar-refractivity contribution in [3.8, 4) is 0 Å². The molecule has 2 aliphatic rings. The van der Waals surface area contributed by atoms with Crippen LogP contribution >= 0.6 is 0 Å². The summed E-state index contributed by atoms with van der Waals surface area (Å²) >= 11 is 0. The Bertz CT molecular complexity index is 688. The van der Waals surface area contributed by atoms with E-state index in [9.17, 15) is 4.79 Å². The predicted octanol–water partition coefficient (Wildman–Crippen LogP) is 5.30. The van der Waals surface area contributed by atoms with Gasteiger partial charge in [0.15, 0.2) is 0 Å². The van der Waals surface area contributed by atoms with Gasteiger partial charge in [0.05, 0.1) is 0 Å². The van der Waals surface area contributed by atoms with Gasteiger partial charge in [-0.25, -0.2) is 0 Å². The minimum Gasteiger partial charge on any atom is -0.480 e. The van der Waals surface area contributed by atoms with Crippen LogP contribution in [0.15, 0.2) is 58.7 Å². The fourth-order valence-corrected chi connectivity index (χ4v) is 3.78. The molecular weight excluding hydrogens is 360 g/mol. The van der Waals surface area contributed by atoms with Crippen LogP contribution in [0.25, 0.3) is 0 Å². The summed E-state index contributed by atoms with van der Waals surface area (Å²) in [5.74, 6) is -0.720. The zero-order valence-corrected chi connectivity index (χ0v) is 18.9. The lowest BCUT2D eigenvalue weighted by molar-refractivity contribution is -0.139. The maximum Gasteiger partial charge on any atom is 0.320 e. The van der Waals surface area contributed by atoms with Crippen LogP contribution in [-0.4, -0.2) is 30.2 Å². The van der Waals surface area contributed by atoms with E-state index in [1.165, 1.54) is 36.0 Å². The minimum atomic E-state index is -0.720. The SMILES string of the molecule is CC(C=CC1=C(C)CCCC1(C)C)=CC=CC(C)=CCN.O=C(O)[C@@H]1CCCN1. The van der Waals surface area contributed by atoms with Crippen molar-refractivity contribution in [2.75, 3.05) is 13.1 Å². The molecule has 2 rings (SSSR count). The van der Waals surface area contributed by atoms with Crippen molar-refractivity contribution in [3.05, 3.63) is 58.7 Å². The van der Waals surface area contributed by atoms with Crippen molar-refractivity contribution >= 4 is 5.97 Å². The summed E-state index contributed by atoms with van der Waals surface area (Å²) in [6.07, 6.45) is 18.5. The second-order valence-electron chi connectivity index (χ2n) is 8.71. The Kier molecular flexibility index (Phi) is 10.9. The third-order valence-electron chi connectivity index (χ3n) is 5.57. The van der Waals surface area contributed by atoms with E-state index in [4.69, 9.17) is 10.8 Å². The van der Waals surface area contributed by atoms with Gasteiger partial charge >= 0.3 is 5.97 Å². The smallest absolute Gasteiger partial charge is 0.320 e. The van der Waals surface area contributed by atoms with Crippen LogP contribution < -0.4 is 11.1 Å². The van der Waals surface area contributed by atoms with Crippen molar-refractivity contribution in [1.82, 2.24) is 5.32 Å². The maximum atomic E-state index is 10.1. The molecule has 0 unspecified atom stereocenters. The van der Waals surface area contributed by atoms with E-state index in [-0.39, 0.29) is 6.04 Å². The van der Waals surface area contributed by atoms with Crippen LogP contribution in [0.1, 0.15) is 66.7 Å². The third kappa shape index (κ3) is 9.42. The number of aliphatic carboxylic acids is 1. The topological polar surface area (TPSA) is 75.4 Å². The van der Waals surface area contributed by atoms with Gasteiger partial charge in [-0.2, -0.15) is 0 Å². The molecule has 4 heteroatoms. The molecule has 0 aromatic carbocycles. The summed E-state index contributed by atoms with van der Waals surface area (Å²) in [5.41, 5.74) is 11.3. The molecule has 0 bridgehead atoms. The average Bonchev–Trinajstić information content (AvgIpc) is 3.16. The molecule has 29 heavy (non-hydrogen) atoms. The van der Waals surface area contributed by atoms with Gasteiger partial charge in [-0.05, 0) is 70.4 Å². The number of hydrogen-bond acceptors (Lipinski definition) is 3. The first-order valence-electron chi connectivity index (χ1n) is 10.7. The molecule has 1 atom stereocenters. The number of rotatable bonds is 6. The van der Waals surface area contributed by atoms with Crippen molar-refractivity contribution in [2.24, 2.45) is 11.1 Å². The van der Waals surface area contributed by atoms with Crippen molar-refractivity contribution in [2.45, 2.75) is 72.8 Å². The molecule has 1 aliphatic carbocycles. The molecule has 0 spiro atoms. The first-order valence-corrected chi connectivity index (χ1v) is 10.7. The van der Waals surface area contributed by atoms with E-state index in [2.05, 4.69) is 70.3 Å². The average molecular weight is 401 g/mol. The van der Waals surface area contributed by atoms with E-state index in [0.717, 1.165) is 19.4 Å². The summed E-state index contributed by atoms with van der Waals surface area (Å²) in [6.45, 7) is 12.7. The Morgan fingerprint density at radius 1 is 1.24 bits per heavy atom. The van der Waals surface area contributed by atoms with E-state index < -0.39 is 5.97 Å². The number of carboxylic acid groups (broad SMARTS) is 1. The van der Waals surface area contributed by atoms with Crippen LogP contribution in [-0.2, 0) is 4.79 Å². The van der Waals surface area contributed by atoms with Gasteiger partial charge in [-0.15, -0.1) is 0 Å². The highest BCUT2D eigenvalue weighted by atomic mass is 16.4. The van der Waals surface area contributed by atoms with Gasteiger partial charge in [0, 0.05) is 6.54 Å². The van der Waals surface area contributed by atoms with Gasteiger partial charge < -0.3 is 16.2 Å². The minimum absolute atomic E-state index is 0.269. The number of hydrogen-bond donors (Lipinski definition) is 3. The number of carboxylic acids is 1. The Labute approximate surface area is 177 Å². The monoisotopic (exact) mass is 400 g/mol. The lowest BCUT2D eigenvalue weighted by Crippen LogP contribution is -2.29. The third-order valence-corrected chi connectivity index (χ3v) is 5.57. The second-order valence-corrected chi connectivity index (χ2v) is 8.71. The van der Waals surface area contributed by atoms with Crippen LogP contribution in [0.4, 0.5) is 0 Å². The molecule has 162 valence electrons. The van der Waals surface area contributed by atoms with Crippen LogP contribution in [0.3, 0.4) is 0 Å². The van der Waals surface area contributed by atoms with Gasteiger partial charge in [0.25, 0.3) is 0 Å². The normalized spacial score (nSPS) is 22.9. The summed E-state index contributed by atoms with van der Waals surface area (Å²) < 4.78 is 0. The first kappa shape index (κ1) is 25.1. The standard InChI is InChI=1S/C20H31N.C5H9NO2/c1-16(8-6-9-17(2)13-15-21)11-12-19-18(3)10-7-14-20(19,4)5;7-5(8)4-2-1-3-6-4/h6,8-9,11-13H,7,10,14-15,21H2,1-5H3;4,6H,1-3H2,(H,7,8)/t;4-/m.0/s1. The molecule has 1 heterocycles. The van der Waals surface area contributed by atoms with Gasteiger partial charge in [0.1, 0.15) is 6.04 Å². The summed E-state index contributed by atoms with van der Waals surface area (Å²) in [6, 6.07) is -0.269. The quantitative estimate of drug-likeness (QED) is 0.529. The molecule has 1 aliphatic heterocycles. The second kappa shape index (κ2) is 12.6. The molecule has 0 radical (unpaired) electrons. The summed E-state index contributed by atoms with van der Waals surface area (Å²) in [7, 11) is 0. The zero-order chi connectivity index (χ0) is 21.9. The highest BCUT2D eigenvalue weighted by Gasteiger charge is 2.26. The van der Waals surface area contributed by atoms with Crippen molar-refractivity contribution in [3.63, 3.8) is 0 Å². The molecule has 0 saturated carbocycles. The maximum absolute atomic E-state index is 10.1.